The van der Waals surface area contributed by atoms with Gasteiger partial charge in [-0.05, 0) is 32.6 Å². The monoisotopic (exact) mass is 184 g/mol. The Kier molecular flexibility index (Phi) is 3.72. The molecule has 0 aromatic carbocycles. The summed E-state index contributed by atoms with van der Waals surface area (Å²) in [6.07, 6.45) is 5.25. The largest absolute Gasteiger partial charge is 0.368 e. The van der Waals surface area contributed by atoms with E-state index in [4.69, 9.17) is 5.73 Å². The van der Waals surface area contributed by atoms with Crippen molar-refractivity contribution < 1.29 is 4.79 Å². The molecule has 13 heavy (non-hydrogen) atoms. The average Bonchev–Trinajstić information content (AvgIpc) is 2.55. The Morgan fingerprint density at radius 3 is 2.38 bits per heavy atom. The molecule has 2 atom stereocenters. The van der Waals surface area contributed by atoms with Crippen LogP contribution in [0.25, 0.3) is 0 Å². The molecule has 1 rings (SSSR count). The zero-order chi connectivity index (χ0) is 9.84. The van der Waals surface area contributed by atoms with E-state index in [1.165, 1.54) is 25.7 Å². The molecular formula is C10H20N2O. The maximum Gasteiger partial charge on any atom is 0.234 e. The van der Waals surface area contributed by atoms with Crippen LogP contribution >= 0.6 is 0 Å². The maximum absolute atomic E-state index is 10.8. The lowest BCUT2D eigenvalue weighted by molar-refractivity contribution is -0.119. The van der Waals surface area contributed by atoms with Gasteiger partial charge < -0.3 is 11.1 Å². The molecule has 0 heterocycles. The van der Waals surface area contributed by atoms with Crippen LogP contribution in [0.15, 0.2) is 0 Å². The van der Waals surface area contributed by atoms with Gasteiger partial charge in [0, 0.05) is 6.04 Å². The summed E-state index contributed by atoms with van der Waals surface area (Å²) >= 11 is 0. The summed E-state index contributed by atoms with van der Waals surface area (Å²) in [7, 11) is 0. The number of rotatable bonds is 4. The van der Waals surface area contributed by atoms with Gasteiger partial charge in [0.05, 0.1) is 6.04 Å². The molecule has 1 amide bonds. The van der Waals surface area contributed by atoms with E-state index >= 15 is 0 Å². The van der Waals surface area contributed by atoms with Crippen LogP contribution < -0.4 is 11.1 Å². The van der Waals surface area contributed by atoms with Crippen molar-refractivity contribution in [2.75, 3.05) is 0 Å². The predicted molar refractivity (Wildman–Crippen MR) is 53.2 cm³/mol. The van der Waals surface area contributed by atoms with Crippen molar-refractivity contribution in [3.05, 3.63) is 0 Å². The fourth-order valence-corrected chi connectivity index (χ4v) is 2.07. The lowest BCUT2D eigenvalue weighted by Gasteiger charge is -2.23. The van der Waals surface area contributed by atoms with Gasteiger partial charge in [-0.1, -0.05) is 12.8 Å². The van der Waals surface area contributed by atoms with Gasteiger partial charge in [-0.15, -0.1) is 0 Å². The fraction of sp³-hybridized carbons (Fsp3) is 0.900. The van der Waals surface area contributed by atoms with Gasteiger partial charge in [-0.25, -0.2) is 0 Å². The third-order valence-corrected chi connectivity index (χ3v) is 3.05. The first-order valence-electron chi connectivity index (χ1n) is 5.16. The summed E-state index contributed by atoms with van der Waals surface area (Å²) in [6, 6.07) is 0.223. The van der Waals surface area contributed by atoms with Crippen molar-refractivity contribution in [1.29, 1.82) is 0 Å². The van der Waals surface area contributed by atoms with Crippen molar-refractivity contribution in [1.82, 2.24) is 5.32 Å². The minimum absolute atomic E-state index is 0.199. The first kappa shape index (κ1) is 10.5. The summed E-state index contributed by atoms with van der Waals surface area (Å²) in [6.45, 7) is 3.98. The number of nitrogens with two attached hydrogens (primary N) is 1. The topological polar surface area (TPSA) is 55.1 Å². The van der Waals surface area contributed by atoms with Crippen molar-refractivity contribution in [2.45, 2.75) is 51.6 Å². The van der Waals surface area contributed by atoms with Gasteiger partial charge >= 0.3 is 0 Å². The molecular weight excluding hydrogens is 164 g/mol. The average molecular weight is 184 g/mol. The highest BCUT2D eigenvalue weighted by atomic mass is 16.1. The van der Waals surface area contributed by atoms with Crippen LogP contribution in [0.5, 0.6) is 0 Å². The Bertz CT molecular complexity index is 176. The van der Waals surface area contributed by atoms with E-state index in [-0.39, 0.29) is 11.9 Å². The third-order valence-electron chi connectivity index (χ3n) is 3.05. The number of carbonyl (C=O) groups excluding carboxylic acids is 1. The van der Waals surface area contributed by atoms with Crippen molar-refractivity contribution in [3.8, 4) is 0 Å². The molecule has 1 aliphatic rings. The molecule has 0 bridgehead atoms. The Hall–Kier alpha value is -0.570. The van der Waals surface area contributed by atoms with E-state index in [0.717, 1.165) is 5.92 Å². The second-order valence-corrected chi connectivity index (χ2v) is 4.12. The molecule has 1 unspecified atom stereocenters. The molecule has 1 aliphatic carbocycles. The molecule has 0 aromatic heterocycles. The number of carbonyl (C=O) groups is 1. The molecule has 0 radical (unpaired) electrons. The van der Waals surface area contributed by atoms with Crippen LogP contribution in [0.2, 0.25) is 0 Å². The smallest absolute Gasteiger partial charge is 0.234 e. The highest BCUT2D eigenvalue weighted by Crippen LogP contribution is 2.27. The molecule has 0 saturated heterocycles. The maximum atomic E-state index is 10.8. The van der Waals surface area contributed by atoms with Crippen LogP contribution in [0.3, 0.4) is 0 Å². The number of nitrogens with one attached hydrogen (secondary N) is 1. The van der Waals surface area contributed by atoms with Crippen molar-refractivity contribution >= 4 is 5.91 Å². The first-order chi connectivity index (χ1) is 6.11. The van der Waals surface area contributed by atoms with E-state index in [9.17, 15) is 4.79 Å². The number of hydrogen-bond acceptors (Lipinski definition) is 2. The SMILES string of the molecule is CC(N[C@H](C)C1CCCC1)C(N)=O. The van der Waals surface area contributed by atoms with E-state index < -0.39 is 0 Å². The summed E-state index contributed by atoms with van der Waals surface area (Å²) < 4.78 is 0. The normalized spacial score (nSPS) is 22.9. The summed E-state index contributed by atoms with van der Waals surface area (Å²) in [5.74, 6) is 0.478. The number of hydrogen-bond donors (Lipinski definition) is 2. The molecule has 0 aliphatic heterocycles. The van der Waals surface area contributed by atoms with Gasteiger partial charge in [-0.3, -0.25) is 4.79 Å². The molecule has 1 fully saturated rings. The van der Waals surface area contributed by atoms with Crippen LogP contribution in [-0.4, -0.2) is 18.0 Å². The molecule has 76 valence electrons. The molecule has 0 aromatic rings. The van der Waals surface area contributed by atoms with E-state index in [2.05, 4.69) is 12.2 Å². The van der Waals surface area contributed by atoms with Crippen LogP contribution in [-0.2, 0) is 4.79 Å². The van der Waals surface area contributed by atoms with E-state index in [1.807, 2.05) is 6.92 Å². The summed E-state index contributed by atoms with van der Waals surface area (Å²) in [5, 5.41) is 3.25. The second-order valence-electron chi connectivity index (χ2n) is 4.12. The standard InChI is InChI=1S/C10H20N2O/c1-7(9-5-3-4-6-9)12-8(2)10(11)13/h7-9,12H,3-6H2,1-2H3,(H2,11,13)/t7-,8?/m1/s1. The molecule has 3 nitrogen and oxygen atoms in total. The second kappa shape index (κ2) is 4.61. The minimum Gasteiger partial charge on any atom is -0.368 e. The van der Waals surface area contributed by atoms with E-state index in [1.54, 1.807) is 0 Å². The molecule has 0 spiro atoms. The highest BCUT2D eigenvalue weighted by Gasteiger charge is 2.23. The number of amides is 1. The highest BCUT2D eigenvalue weighted by molar-refractivity contribution is 5.79. The third kappa shape index (κ3) is 2.99. The van der Waals surface area contributed by atoms with Gasteiger partial charge in [0.2, 0.25) is 5.91 Å². The Labute approximate surface area is 80.1 Å². The van der Waals surface area contributed by atoms with Gasteiger partial charge in [0.25, 0.3) is 0 Å². The Morgan fingerprint density at radius 1 is 1.38 bits per heavy atom. The van der Waals surface area contributed by atoms with Gasteiger partial charge in [-0.2, -0.15) is 0 Å². The van der Waals surface area contributed by atoms with Gasteiger partial charge in [0.1, 0.15) is 0 Å². The quantitative estimate of drug-likeness (QED) is 0.685. The Balaban J connectivity index is 2.30. The summed E-state index contributed by atoms with van der Waals surface area (Å²) in [4.78, 5) is 10.8. The Morgan fingerprint density at radius 2 is 1.92 bits per heavy atom. The predicted octanol–water partition coefficient (Wildman–Crippen LogP) is 1.03. The minimum atomic E-state index is -0.259. The van der Waals surface area contributed by atoms with Crippen molar-refractivity contribution in [2.24, 2.45) is 11.7 Å². The van der Waals surface area contributed by atoms with Crippen LogP contribution in [0.1, 0.15) is 39.5 Å². The zero-order valence-corrected chi connectivity index (χ0v) is 8.55. The van der Waals surface area contributed by atoms with E-state index in [0.29, 0.717) is 6.04 Å². The fourth-order valence-electron chi connectivity index (χ4n) is 2.07. The zero-order valence-electron chi connectivity index (χ0n) is 8.55. The molecule has 1 saturated carbocycles. The van der Waals surface area contributed by atoms with Crippen LogP contribution in [0, 0.1) is 5.92 Å². The summed E-state index contributed by atoms with van der Waals surface area (Å²) in [5.41, 5.74) is 5.18. The first-order valence-corrected chi connectivity index (χ1v) is 5.16. The van der Waals surface area contributed by atoms with Crippen molar-refractivity contribution in [3.63, 3.8) is 0 Å². The van der Waals surface area contributed by atoms with Gasteiger partial charge in [0.15, 0.2) is 0 Å². The number of primary amides is 1. The lowest BCUT2D eigenvalue weighted by Crippen LogP contribution is -2.45. The molecule has 3 heteroatoms. The van der Waals surface area contributed by atoms with Crippen LogP contribution in [0.4, 0.5) is 0 Å². The lowest BCUT2D eigenvalue weighted by atomic mass is 9.99. The molecule has 3 N–H and O–H groups in total.